The lowest BCUT2D eigenvalue weighted by atomic mass is 10.1. The Labute approximate surface area is 96.8 Å². The molecule has 1 aromatic carbocycles. The van der Waals surface area contributed by atoms with Crippen LogP contribution in [-0.4, -0.2) is 13.1 Å². The molecular formula is C12H7BrO2. The minimum atomic E-state index is -0.352. The average molecular weight is 263 g/mol. The number of carbonyl (C=O) groups is 1. The monoisotopic (exact) mass is 262 g/mol. The Hall–Kier alpha value is -1.71. The van der Waals surface area contributed by atoms with Crippen LogP contribution in [0.2, 0.25) is 0 Å². The van der Waals surface area contributed by atoms with Crippen LogP contribution in [0.15, 0.2) is 24.3 Å². The van der Waals surface area contributed by atoms with Gasteiger partial charge in [0.25, 0.3) is 0 Å². The third kappa shape index (κ3) is 3.50. The molecule has 0 saturated heterocycles. The maximum absolute atomic E-state index is 11.1. The zero-order valence-corrected chi connectivity index (χ0v) is 9.59. The molecule has 0 unspecified atom stereocenters. The van der Waals surface area contributed by atoms with Crippen LogP contribution in [0.5, 0.6) is 0 Å². The van der Waals surface area contributed by atoms with E-state index in [-0.39, 0.29) is 5.97 Å². The number of methoxy groups -OCH3 is 1. The van der Waals surface area contributed by atoms with Crippen molar-refractivity contribution < 1.29 is 9.53 Å². The summed E-state index contributed by atoms with van der Waals surface area (Å²) in [4.78, 5) is 13.6. The van der Waals surface area contributed by atoms with E-state index in [4.69, 9.17) is 0 Å². The maximum atomic E-state index is 11.1. The quantitative estimate of drug-likeness (QED) is 0.573. The zero-order chi connectivity index (χ0) is 11.1. The van der Waals surface area contributed by atoms with Crippen LogP contribution in [0.25, 0.3) is 0 Å². The van der Waals surface area contributed by atoms with Crippen molar-refractivity contribution >= 4 is 21.9 Å². The van der Waals surface area contributed by atoms with Crippen molar-refractivity contribution in [1.82, 2.24) is 0 Å². The molecule has 0 atom stereocenters. The molecule has 0 aliphatic carbocycles. The molecule has 0 N–H and O–H groups in total. The van der Waals surface area contributed by atoms with Gasteiger partial charge in [-0.2, -0.15) is 0 Å². The van der Waals surface area contributed by atoms with Gasteiger partial charge in [-0.3, -0.25) is 0 Å². The molecule has 74 valence electrons. The van der Waals surface area contributed by atoms with Gasteiger partial charge in [0.05, 0.1) is 12.7 Å². The number of hydrogen-bond acceptors (Lipinski definition) is 2. The zero-order valence-electron chi connectivity index (χ0n) is 8.00. The number of hydrogen-bond donors (Lipinski definition) is 0. The van der Waals surface area contributed by atoms with Crippen LogP contribution in [0.3, 0.4) is 0 Å². The number of benzene rings is 1. The van der Waals surface area contributed by atoms with Gasteiger partial charge in [0.1, 0.15) is 0 Å². The van der Waals surface area contributed by atoms with E-state index in [0.29, 0.717) is 5.56 Å². The van der Waals surface area contributed by atoms with Gasteiger partial charge in [0.15, 0.2) is 0 Å². The van der Waals surface area contributed by atoms with Gasteiger partial charge < -0.3 is 4.74 Å². The van der Waals surface area contributed by atoms with Crippen LogP contribution in [0.1, 0.15) is 15.9 Å². The first-order valence-electron chi connectivity index (χ1n) is 4.08. The van der Waals surface area contributed by atoms with Crippen LogP contribution >= 0.6 is 15.9 Å². The van der Waals surface area contributed by atoms with Crippen molar-refractivity contribution in [2.45, 2.75) is 0 Å². The molecule has 0 fully saturated rings. The number of rotatable bonds is 1. The molecule has 1 aromatic rings. The third-order valence-corrected chi connectivity index (χ3v) is 1.82. The molecular weight excluding hydrogens is 256 g/mol. The van der Waals surface area contributed by atoms with E-state index in [9.17, 15) is 4.79 Å². The second-order valence-corrected chi connectivity index (χ2v) is 2.93. The second kappa shape index (κ2) is 5.90. The summed E-state index contributed by atoms with van der Waals surface area (Å²) in [5.74, 6) is 7.67. The van der Waals surface area contributed by atoms with Crippen molar-refractivity contribution in [3.8, 4) is 22.6 Å². The molecule has 0 amide bonds. The summed E-state index contributed by atoms with van der Waals surface area (Å²) in [5.41, 5.74) is 1.31. The fourth-order valence-corrected chi connectivity index (χ4v) is 1.03. The van der Waals surface area contributed by atoms with E-state index in [1.54, 1.807) is 24.3 Å². The molecule has 0 heterocycles. The van der Waals surface area contributed by atoms with E-state index in [2.05, 4.69) is 43.3 Å². The Bertz CT molecular complexity index is 466. The Morgan fingerprint density at radius 2 is 1.93 bits per heavy atom. The van der Waals surface area contributed by atoms with Crippen molar-refractivity contribution in [3.63, 3.8) is 0 Å². The molecule has 0 spiro atoms. The van der Waals surface area contributed by atoms with Crippen molar-refractivity contribution in [2.75, 3.05) is 7.11 Å². The molecule has 0 aliphatic heterocycles. The third-order valence-electron chi connectivity index (χ3n) is 1.62. The van der Waals surface area contributed by atoms with E-state index < -0.39 is 0 Å². The largest absolute Gasteiger partial charge is 0.465 e. The summed E-state index contributed by atoms with van der Waals surface area (Å²) in [7, 11) is 1.35. The van der Waals surface area contributed by atoms with E-state index in [1.165, 1.54) is 7.11 Å². The molecule has 0 aromatic heterocycles. The Kier molecular flexibility index (Phi) is 4.47. The number of halogens is 1. The molecule has 2 nitrogen and oxygen atoms in total. The highest BCUT2D eigenvalue weighted by Gasteiger charge is 2.02. The Balaban J connectivity index is 2.85. The number of ether oxygens (including phenoxy) is 1. The van der Waals surface area contributed by atoms with Crippen LogP contribution < -0.4 is 0 Å². The number of carbonyl (C=O) groups excluding carboxylic acids is 1. The average Bonchev–Trinajstić information content (AvgIpc) is 2.29. The van der Waals surface area contributed by atoms with E-state index in [1.807, 2.05) is 0 Å². The summed E-state index contributed by atoms with van der Waals surface area (Å²) < 4.78 is 4.57. The van der Waals surface area contributed by atoms with Crippen molar-refractivity contribution in [2.24, 2.45) is 0 Å². The number of esters is 1. The molecule has 3 heteroatoms. The van der Waals surface area contributed by atoms with E-state index in [0.717, 1.165) is 5.56 Å². The Morgan fingerprint density at radius 1 is 1.27 bits per heavy atom. The minimum Gasteiger partial charge on any atom is -0.465 e. The second-order valence-electron chi connectivity index (χ2n) is 2.54. The summed E-state index contributed by atoms with van der Waals surface area (Å²) in [5, 5.41) is 0. The highest BCUT2D eigenvalue weighted by atomic mass is 79.9. The molecule has 0 saturated carbocycles. The first-order valence-corrected chi connectivity index (χ1v) is 4.87. The van der Waals surface area contributed by atoms with Crippen molar-refractivity contribution in [3.05, 3.63) is 35.4 Å². The lowest BCUT2D eigenvalue weighted by molar-refractivity contribution is 0.0601. The molecule has 0 radical (unpaired) electrons. The first kappa shape index (κ1) is 11.4. The SMILES string of the molecule is COC(=O)c1ccc(C#CC#CBr)cc1. The van der Waals surface area contributed by atoms with Gasteiger partial charge in [-0.05, 0) is 40.9 Å². The summed E-state index contributed by atoms with van der Waals surface area (Å²) in [6.07, 6.45) is 0. The molecule has 1 rings (SSSR count). The topological polar surface area (TPSA) is 26.3 Å². The highest BCUT2D eigenvalue weighted by molar-refractivity contribution is 9.12. The molecule has 0 aliphatic rings. The van der Waals surface area contributed by atoms with Gasteiger partial charge in [-0.1, -0.05) is 5.92 Å². The lowest BCUT2D eigenvalue weighted by Crippen LogP contribution is -2.00. The van der Waals surface area contributed by atoms with Gasteiger partial charge >= 0.3 is 5.97 Å². The fourth-order valence-electron chi connectivity index (χ4n) is 0.935. The normalized spacial score (nSPS) is 7.87. The van der Waals surface area contributed by atoms with E-state index >= 15 is 0 Å². The smallest absolute Gasteiger partial charge is 0.337 e. The summed E-state index contributed by atoms with van der Waals surface area (Å²) >= 11 is 2.94. The maximum Gasteiger partial charge on any atom is 0.337 e. The lowest BCUT2D eigenvalue weighted by Gasteiger charge is -1.97. The standard InChI is InChI=1S/C12H7BrO2/c1-15-12(14)11-7-5-10(6-8-11)4-2-3-9-13/h5-8H,1H3. The van der Waals surface area contributed by atoms with Gasteiger partial charge in [-0.15, -0.1) is 0 Å². The summed E-state index contributed by atoms with van der Waals surface area (Å²) in [6.45, 7) is 0. The molecule has 0 bridgehead atoms. The van der Waals surface area contributed by atoms with Crippen molar-refractivity contribution in [1.29, 1.82) is 0 Å². The predicted molar refractivity (Wildman–Crippen MR) is 61.4 cm³/mol. The Morgan fingerprint density at radius 3 is 2.47 bits per heavy atom. The highest BCUT2D eigenvalue weighted by Crippen LogP contribution is 2.04. The van der Waals surface area contributed by atoms with Crippen LogP contribution in [0, 0.1) is 22.6 Å². The van der Waals surface area contributed by atoms with Gasteiger partial charge in [0.2, 0.25) is 0 Å². The minimum absolute atomic E-state index is 0.352. The van der Waals surface area contributed by atoms with Crippen LogP contribution in [0.4, 0.5) is 0 Å². The first-order chi connectivity index (χ1) is 7.27. The van der Waals surface area contributed by atoms with Crippen LogP contribution in [-0.2, 0) is 4.74 Å². The predicted octanol–water partition coefficient (Wildman–Crippen LogP) is 2.18. The molecule has 15 heavy (non-hydrogen) atoms. The summed E-state index contributed by atoms with van der Waals surface area (Å²) in [6, 6.07) is 6.82. The fraction of sp³-hybridized carbons (Fsp3) is 0.0833. The van der Waals surface area contributed by atoms with Gasteiger partial charge in [-0.25, -0.2) is 4.79 Å². The van der Waals surface area contributed by atoms with Gasteiger partial charge in [0, 0.05) is 21.5 Å².